The number of aliphatic hydroxyl groups is 8. The van der Waals surface area contributed by atoms with Gasteiger partial charge in [0.1, 0.15) is 18.3 Å². The molecule has 6 atom stereocenters. The fraction of sp³-hybridized carbons (Fsp3) is 0.857. The van der Waals surface area contributed by atoms with E-state index in [-0.39, 0.29) is 19.3 Å². The predicted molar refractivity (Wildman–Crippen MR) is 84.0 cm³/mol. The second kappa shape index (κ2) is 14.8. The zero-order valence-corrected chi connectivity index (χ0v) is 14.0. The topological polar surface area (TPSA) is 236 Å². The molecule has 0 amide bonds. The monoisotopic (exact) mass is 388 g/mol. The second-order valence-corrected chi connectivity index (χ2v) is 5.54. The summed E-state index contributed by atoms with van der Waals surface area (Å²) in [6.45, 7) is -1.30. The lowest BCUT2D eigenvalue weighted by Gasteiger charge is -2.20. The van der Waals surface area contributed by atoms with Crippen LogP contribution in [0.5, 0.6) is 0 Å². The first-order chi connectivity index (χ1) is 12.0. The Morgan fingerprint density at radius 1 is 0.692 bits per heavy atom. The fourth-order valence-corrected chi connectivity index (χ4v) is 1.65. The molecule has 0 heterocycles. The van der Waals surface area contributed by atoms with Gasteiger partial charge in [-0.1, -0.05) is 0 Å². The third-order valence-electron chi connectivity index (χ3n) is 3.18. The van der Waals surface area contributed by atoms with Crippen molar-refractivity contribution in [3.05, 3.63) is 0 Å². The largest absolute Gasteiger partial charge is 0.481 e. The van der Waals surface area contributed by atoms with E-state index in [1.54, 1.807) is 0 Å². The lowest BCUT2D eigenvalue weighted by atomic mass is 10.0. The van der Waals surface area contributed by atoms with Gasteiger partial charge in [0.15, 0.2) is 0 Å². The average Bonchev–Trinajstić information content (AvgIpc) is 2.56. The highest BCUT2D eigenvalue weighted by atomic mass is 16.4. The lowest BCUT2D eigenvalue weighted by Crippen LogP contribution is -2.39. The van der Waals surface area contributed by atoms with Crippen LogP contribution in [0, 0.1) is 0 Å². The smallest absolute Gasteiger partial charge is 0.305 e. The van der Waals surface area contributed by atoms with Crippen LogP contribution >= 0.6 is 0 Å². The molecule has 0 aromatic carbocycles. The standard InChI is InChI=1S/2C7H14O6/c8-3-6(11)5(10)1-4(9)2-7(12)13;8-3-5(10)7(13)4(9)1-2-6(11)12/h4-6,8-11H,1-3H2,(H,12,13);4-5,7-10,13H,1-3H2,(H,11,12). The van der Waals surface area contributed by atoms with Crippen LogP contribution < -0.4 is 0 Å². The van der Waals surface area contributed by atoms with Crippen molar-refractivity contribution < 1.29 is 60.7 Å². The molecule has 10 N–H and O–H groups in total. The maximum absolute atomic E-state index is 10.1. The molecule has 0 saturated carbocycles. The first-order valence-electron chi connectivity index (χ1n) is 7.69. The van der Waals surface area contributed by atoms with Crippen molar-refractivity contribution in [2.45, 2.75) is 62.3 Å². The van der Waals surface area contributed by atoms with E-state index in [2.05, 4.69) is 0 Å². The number of aliphatic hydroxyl groups excluding tert-OH is 8. The van der Waals surface area contributed by atoms with Crippen molar-refractivity contribution in [1.29, 1.82) is 0 Å². The summed E-state index contributed by atoms with van der Waals surface area (Å²) in [6.07, 6.45) is -9.37. The lowest BCUT2D eigenvalue weighted by molar-refractivity contribution is -0.140. The van der Waals surface area contributed by atoms with Gasteiger partial charge >= 0.3 is 11.9 Å². The highest BCUT2D eigenvalue weighted by Gasteiger charge is 2.24. The van der Waals surface area contributed by atoms with E-state index in [4.69, 9.17) is 51.1 Å². The van der Waals surface area contributed by atoms with Crippen LogP contribution in [-0.2, 0) is 9.59 Å². The Kier molecular flexibility index (Phi) is 15.2. The first kappa shape index (κ1) is 26.8. The van der Waals surface area contributed by atoms with Gasteiger partial charge in [0, 0.05) is 12.8 Å². The zero-order chi connectivity index (χ0) is 20.9. The zero-order valence-electron chi connectivity index (χ0n) is 14.0. The molecule has 0 aromatic heterocycles. The minimum atomic E-state index is -1.51. The van der Waals surface area contributed by atoms with Gasteiger partial charge in [-0.05, 0) is 6.42 Å². The Bertz CT molecular complexity index is 390. The van der Waals surface area contributed by atoms with E-state index in [9.17, 15) is 9.59 Å². The van der Waals surface area contributed by atoms with E-state index in [0.717, 1.165) is 0 Å². The number of carboxylic acid groups (broad SMARTS) is 2. The van der Waals surface area contributed by atoms with Gasteiger partial charge in [-0.15, -0.1) is 0 Å². The molecule has 26 heavy (non-hydrogen) atoms. The van der Waals surface area contributed by atoms with Gasteiger partial charge in [0.25, 0.3) is 0 Å². The molecule has 0 fully saturated rings. The van der Waals surface area contributed by atoms with E-state index < -0.39 is 68.2 Å². The van der Waals surface area contributed by atoms with Gasteiger partial charge in [-0.3, -0.25) is 9.59 Å². The molecule has 0 rings (SSSR count). The van der Waals surface area contributed by atoms with Crippen LogP contribution in [0.15, 0.2) is 0 Å². The number of hydrogen-bond donors (Lipinski definition) is 10. The Labute approximate surface area is 149 Å². The van der Waals surface area contributed by atoms with E-state index >= 15 is 0 Å². The summed E-state index contributed by atoms with van der Waals surface area (Å²) in [7, 11) is 0. The van der Waals surface area contributed by atoms with E-state index in [0.29, 0.717) is 0 Å². The SMILES string of the molecule is O=C(O)CC(O)CC(O)C(O)CO.O=C(O)CCC(O)C(O)C(O)CO. The van der Waals surface area contributed by atoms with Gasteiger partial charge in [0.05, 0.1) is 37.9 Å². The van der Waals surface area contributed by atoms with Crippen LogP contribution in [0.1, 0.15) is 25.7 Å². The summed E-state index contributed by atoms with van der Waals surface area (Å²) in [5.74, 6) is -2.28. The van der Waals surface area contributed by atoms with Crippen molar-refractivity contribution in [3.63, 3.8) is 0 Å². The number of carboxylic acids is 2. The molecule has 0 radical (unpaired) electrons. The number of aliphatic carboxylic acids is 2. The van der Waals surface area contributed by atoms with Gasteiger partial charge < -0.3 is 51.1 Å². The molecule has 12 heteroatoms. The second-order valence-electron chi connectivity index (χ2n) is 5.54. The van der Waals surface area contributed by atoms with Crippen LogP contribution in [0.2, 0.25) is 0 Å². The maximum atomic E-state index is 10.1. The average molecular weight is 388 g/mol. The molecule has 0 aliphatic carbocycles. The summed E-state index contributed by atoms with van der Waals surface area (Å²) < 4.78 is 0. The summed E-state index contributed by atoms with van der Waals surface area (Å²) in [4.78, 5) is 20.1. The Morgan fingerprint density at radius 3 is 1.58 bits per heavy atom. The van der Waals surface area contributed by atoms with E-state index in [1.807, 2.05) is 0 Å². The van der Waals surface area contributed by atoms with E-state index in [1.165, 1.54) is 0 Å². The Balaban J connectivity index is 0. The summed E-state index contributed by atoms with van der Waals surface area (Å²) >= 11 is 0. The maximum Gasteiger partial charge on any atom is 0.305 e. The minimum Gasteiger partial charge on any atom is -0.481 e. The van der Waals surface area contributed by atoms with Crippen molar-refractivity contribution >= 4 is 11.9 Å². The van der Waals surface area contributed by atoms with Crippen molar-refractivity contribution in [3.8, 4) is 0 Å². The molecule has 0 saturated heterocycles. The molecule has 0 aromatic rings. The summed E-state index contributed by atoms with van der Waals surface area (Å²) in [5, 5.41) is 87.1. The van der Waals surface area contributed by atoms with Crippen LogP contribution in [0.4, 0.5) is 0 Å². The molecule has 156 valence electrons. The molecular formula is C14H28O12. The Hall–Kier alpha value is -1.38. The highest BCUT2D eigenvalue weighted by Crippen LogP contribution is 2.07. The molecule has 0 aliphatic rings. The molecule has 12 nitrogen and oxygen atoms in total. The fourth-order valence-electron chi connectivity index (χ4n) is 1.65. The van der Waals surface area contributed by atoms with Crippen LogP contribution in [0.25, 0.3) is 0 Å². The molecule has 0 bridgehead atoms. The highest BCUT2D eigenvalue weighted by molar-refractivity contribution is 5.67. The van der Waals surface area contributed by atoms with Gasteiger partial charge in [-0.2, -0.15) is 0 Å². The van der Waals surface area contributed by atoms with Crippen molar-refractivity contribution in [2.24, 2.45) is 0 Å². The third-order valence-corrected chi connectivity index (χ3v) is 3.18. The number of hydrogen-bond acceptors (Lipinski definition) is 10. The predicted octanol–water partition coefficient (Wildman–Crippen LogP) is -4.15. The Morgan fingerprint density at radius 2 is 1.19 bits per heavy atom. The third kappa shape index (κ3) is 13.9. The van der Waals surface area contributed by atoms with Crippen LogP contribution in [-0.4, -0.2) is 113 Å². The quantitative estimate of drug-likeness (QED) is 0.153. The minimum absolute atomic E-state index is 0.159. The number of carbonyl (C=O) groups is 2. The molecule has 0 aliphatic heterocycles. The molecule has 6 unspecified atom stereocenters. The summed E-state index contributed by atoms with van der Waals surface area (Å²) in [5.41, 5.74) is 0. The first-order valence-corrected chi connectivity index (χ1v) is 7.69. The summed E-state index contributed by atoms with van der Waals surface area (Å²) in [6, 6.07) is 0. The van der Waals surface area contributed by atoms with Crippen molar-refractivity contribution in [2.75, 3.05) is 13.2 Å². The molecular weight excluding hydrogens is 360 g/mol. The van der Waals surface area contributed by atoms with Crippen LogP contribution in [0.3, 0.4) is 0 Å². The number of rotatable bonds is 12. The molecule has 0 spiro atoms. The normalized spacial score (nSPS) is 17.8. The van der Waals surface area contributed by atoms with Gasteiger partial charge in [0.2, 0.25) is 0 Å². The van der Waals surface area contributed by atoms with Gasteiger partial charge in [-0.25, -0.2) is 0 Å². The van der Waals surface area contributed by atoms with Crippen molar-refractivity contribution in [1.82, 2.24) is 0 Å².